The number of aromatic nitrogens is 1. The first-order valence-electron chi connectivity index (χ1n) is 9.76. The molecule has 152 valence electrons. The summed E-state index contributed by atoms with van der Waals surface area (Å²) in [5, 5.41) is 6.39. The third-order valence-electron chi connectivity index (χ3n) is 5.61. The monoisotopic (exact) mass is 397 g/mol. The zero-order valence-electron chi connectivity index (χ0n) is 16.5. The highest BCUT2D eigenvalue weighted by Crippen LogP contribution is 2.33. The summed E-state index contributed by atoms with van der Waals surface area (Å²) < 4.78 is 7.70. The molecule has 1 amide bonds. The summed E-state index contributed by atoms with van der Waals surface area (Å²) in [6.07, 6.45) is 5.49. The number of nitrogens with one attached hydrogen (secondary N) is 2. The summed E-state index contributed by atoms with van der Waals surface area (Å²) in [6.45, 7) is 9.16. The van der Waals surface area contributed by atoms with Crippen LogP contribution in [0.25, 0.3) is 0 Å². The van der Waals surface area contributed by atoms with Gasteiger partial charge in [-0.2, -0.15) is 0 Å². The van der Waals surface area contributed by atoms with Gasteiger partial charge in [0, 0.05) is 12.7 Å². The Balaban J connectivity index is 0.00000261. The van der Waals surface area contributed by atoms with Crippen LogP contribution in [0.4, 0.5) is 0 Å². The van der Waals surface area contributed by atoms with Crippen LogP contribution in [0.15, 0.2) is 17.1 Å². The van der Waals surface area contributed by atoms with E-state index in [1.807, 2.05) is 13.0 Å². The fourth-order valence-electron chi connectivity index (χ4n) is 3.94. The molecule has 0 aliphatic carbocycles. The van der Waals surface area contributed by atoms with Crippen molar-refractivity contribution in [2.75, 3.05) is 19.7 Å². The van der Waals surface area contributed by atoms with Gasteiger partial charge in [-0.1, -0.05) is 13.8 Å². The number of carbonyl (C=O) groups excluding carboxylic acids is 1. The van der Waals surface area contributed by atoms with Crippen molar-refractivity contribution in [1.82, 2.24) is 15.2 Å². The predicted molar refractivity (Wildman–Crippen MR) is 109 cm³/mol. The van der Waals surface area contributed by atoms with Gasteiger partial charge in [0.2, 0.25) is 0 Å². The molecule has 0 aromatic carbocycles. The largest absolute Gasteiger partial charge is 0.373 e. The molecule has 0 bridgehead atoms. The van der Waals surface area contributed by atoms with Crippen LogP contribution in [0.3, 0.4) is 0 Å². The molecule has 27 heavy (non-hydrogen) atoms. The number of pyridine rings is 1. The van der Waals surface area contributed by atoms with Crippen LogP contribution in [0.1, 0.15) is 55.5 Å². The molecule has 3 heterocycles. The van der Waals surface area contributed by atoms with E-state index in [2.05, 4.69) is 24.5 Å². The van der Waals surface area contributed by atoms with Crippen molar-refractivity contribution in [1.29, 1.82) is 0 Å². The second-order valence-electron chi connectivity index (χ2n) is 8.17. The Kier molecular flexibility index (Phi) is 7.48. The first kappa shape index (κ1) is 21.9. The van der Waals surface area contributed by atoms with Crippen molar-refractivity contribution in [3.05, 3.63) is 33.7 Å². The highest BCUT2D eigenvalue weighted by atomic mass is 35.5. The molecular formula is C20H32ClN3O3. The molecule has 1 atom stereocenters. The molecule has 2 aliphatic rings. The number of halogens is 1. The average Bonchev–Trinajstić information content (AvgIpc) is 2.96. The number of piperidine rings is 1. The third kappa shape index (κ3) is 5.12. The second-order valence-corrected chi connectivity index (χ2v) is 8.17. The third-order valence-corrected chi connectivity index (χ3v) is 5.61. The summed E-state index contributed by atoms with van der Waals surface area (Å²) in [5.74, 6) is 0.239. The van der Waals surface area contributed by atoms with Gasteiger partial charge in [-0.15, -0.1) is 12.4 Å². The summed E-state index contributed by atoms with van der Waals surface area (Å²) in [7, 11) is 0. The normalized spacial score (nSPS) is 21.3. The first-order chi connectivity index (χ1) is 12.4. The van der Waals surface area contributed by atoms with Crippen LogP contribution in [-0.4, -0.2) is 41.8 Å². The molecule has 0 radical (unpaired) electrons. The van der Waals surface area contributed by atoms with E-state index in [0.29, 0.717) is 19.1 Å². The van der Waals surface area contributed by atoms with Crippen LogP contribution in [0.2, 0.25) is 0 Å². The number of hydrogen-bond acceptors (Lipinski definition) is 4. The predicted octanol–water partition coefficient (Wildman–Crippen LogP) is 2.27. The van der Waals surface area contributed by atoms with Gasteiger partial charge >= 0.3 is 0 Å². The number of rotatable bonds is 5. The Hall–Kier alpha value is -1.37. The minimum Gasteiger partial charge on any atom is -0.373 e. The number of hydrogen-bond donors (Lipinski definition) is 2. The molecule has 3 rings (SSSR count). The van der Waals surface area contributed by atoms with E-state index in [1.165, 1.54) is 0 Å². The molecule has 1 spiro atoms. The molecule has 1 unspecified atom stereocenters. The Morgan fingerprint density at radius 3 is 2.78 bits per heavy atom. The fraction of sp³-hybridized carbons (Fsp3) is 0.700. The zero-order chi connectivity index (χ0) is 18.7. The lowest BCUT2D eigenvalue weighted by atomic mass is 9.88. The van der Waals surface area contributed by atoms with Gasteiger partial charge < -0.3 is 19.9 Å². The van der Waals surface area contributed by atoms with Gasteiger partial charge in [-0.05, 0) is 63.2 Å². The highest BCUT2D eigenvalue weighted by molar-refractivity contribution is 5.95. The van der Waals surface area contributed by atoms with Crippen molar-refractivity contribution in [2.24, 2.45) is 5.92 Å². The molecule has 1 aromatic heterocycles. The Morgan fingerprint density at radius 1 is 1.41 bits per heavy atom. The van der Waals surface area contributed by atoms with Gasteiger partial charge in [0.15, 0.2) is 0 Å². The molecular weight excluding hydrogens is 366 g/mol. The maximum atomic E-state index is 12.8. The van der Waals surface area contributed by atoms with E-state index >= 15 is 0 Å². The topological polar surface area (TPSA) is 72.4 Å². The van der Waals surface area contributed by atoms with Crippen molar-refractivity contribution in [2.45, 2.75) is 64.6 Å². The van der Waals surface area contributed by atoms with Gasteiger partial charge in [-0.25, -0.2) is 0 Å². The summed E-state index contributed by atoms with van der Waals surface area (Å²) in [5.41, 5.74) is 0.691. The van der Waals surface area contributed by atoms with E-state index in [0.717, 1.165) is 44.3 Å². The maximum Gasteiger partial charge on any atom is 0.263 e. The van der Waals surface area contributed by atoms with Crippen LogP contribution < -0.4 is 16.2 Å². The molecule has 0 saturated carbocycles. The Bertz CT molecular complexity index is 711. The van der Waals surface area contributed by atoms with Crippen LogP contribution in [0.5, 0.6) is 0 Å². The molecule has 2 aliphatic heterocycles. The number of ether oxygens (including phenoxy) is 1. The molecule has 2 N–H and O–H groups in total. The van der Waals surface area contributed by atoms with Crippen molar-refractivity contribution in [3.63, 3.8) is 0 Å². The minimum absolute atomic E-state index is 0. The van der Waals surface area contributed by atoms with Crippen molar-refractivity contribution >= 4 is 18.3 Å². The van der Waals surface area contributed by atoms with E-state index in [1.54, 1.807) is 10.8 Å². The SMILES string of the molecule is Cc1ccn(CCC(C)C)c(=O)c1C(=O)NC1COC2(CCNCC2)C1.Cl. The number of carbonyl (C=O) groups is 1. The molecule has 1 aromatic rings. The standard InChI is InChI=1S/C20H31N3O3.ClH/c1-14(2)4-10-23-11-5-15(3)17(19(23)25)18(24)22-16-12-20(26-13-16)6-8-21-9-7-20;/h5,11,14,16,21H,4,6-10,12-13H2,1-3H3,(H,22,24);1H. The van der Waals surface area contributed by atoms with Crippen LogP contribution in [0, 0.1) is 12.8 Å². The molecule has 2 saturated heterocycles. The molecule has 2 fully saturated rings. The second kappa shape index (κ2) is 9.22. The zero-order valence-corrected chi connectivity index (χ0v) is 17.4. The lowest BCUT2D eigenvalue weighted by Gasteiger charge is -2.32. The van der Waals surface area contributed by atoms with Crippen molar-refractivity contribution < 1.29 is 9.53 Å². The first-order valence-corrected chi connectivity index (χ1v) is 9.76. The number of aryl methyl sites for hydroxylation is 2. The maximum absolute atomic E-state index is 12.8. The molecule has 6 nitrogen and oxygen atoms in total. The summed E-state index contributed by atoms with van der Waals surface area (Å²) in [6, 6.07) is 1.83. The van der Waals surface area contributed by atoms with Gasteiger partial charge in [0.1, 0.15) is 5.56 Å². The Labute approximate surface area is 167 Å². The van der Waals surface area contributed by atoms with Gasteiger partial charge in [-0.3, -0.25) is 9.59 Å². The number of amides is 1. The smallest absolute Gasteiger partial charge is 0.263 e. The lowest BCUT2D eigenvalue weighted by molar-refractivity contribution is -0.0194. The van der Waals surface area contributed by atoms with E-state index < -0.39 is 0 Å². The van der Waals surface area contributed by atoms with Crippen LogP contribution >= 0.6 is 12.4 Å². The van der Waals surface area contributed by atoms with E-state index in [9.17, 15) is 9.59 Å². The average molecular weight is 398 g/mol. The highest BCUT2D eigenvalue weighted by Gasteiger charge is 2.41. The fourth-order valence-corrected chi connectivity index (χ4v) is 3.94. The quantitative estimate of drug-likeness (QED) is 0.799. The summed E-state index contributed by atoms with van der Waals surface area (Å²) >= 11 is 0. The lowest BCUT2D eigenvalue weighted by Crippen LogP contribution is -2.43. The van der Waals surface area contributed by atoms with E-state index in [4.69, 9.17) is 4.74 Å². The van der Waals surface area contributed by atoms with Crippen molar-refractivity contribution in [3.8, 4) is 0 Å². The Morgan fingerprint density at radius 2 is 2.11 bits per heavy atom. The number of nitrogens with zero attached hydrogens (tertiary/aromatic N) is 1. The van der Waals surface area contributed by atoms with Gasteiger partial charge in [0.25, 0.3) is 11.5 Å². The van der Waals surface area contributed by atoms with E-state index in [-0.39, 0.29) is 41.1 Å². The summed E-state index contributed by atoms with van der Waals surface area (Å²) in [4.78, 5) is 25.6. The van der Waals surface area contributed by atoms with Crippen LogP contribution in [-0.2, 0) is 11.3 Å². The minimum atomic E-state index is -0.272. The van der Waals surface area contributed by atoms with Gasteiger partial charge in [0.05, 0.1) is 18.2 Å². The molecule has 7 heteroatoms.